The van der Waals surface area contributed by atoms with E-state index < -0.39 is 0 Å². The van der Waals surface area contributed by atoms with Gasteiger partial charge in [-0.3, -0.25) is 4.79 Å². The van der Waals surface area contributed by atoms with Gasteiger partial charge in [0.2, 0.25) is 0 Å². The third-order valence-corrected chi connectivity index (χ3v) is 3.12. The lowest BCUT2D eigenvalue weighted by Crippen LogP contribution is -2.09. The van der Waals surface area contributed by atoms with Crippen LogP contribution >= 0.6 is 0 Å². The van der Waals surface area contributed by atoms with Crippen molar-refractivity contribution in [3.8, 4) is 5.75 Å². The second-order valence-corrected chi connectivity index (χ2v) is 4.33. The van der Waals surface area contributed by atoms with E-state index in [1.54, 1.807) is 7.11 Å². The minimum absolute atomic E-state index is 0.0343. The predicted molar refractivity (Wildman–Crippen MR) is 74.3 cm³/mol. The summed E-state index contributed by atoms with van der Waals surface area (Å²) in [6, 6.07) is 7.36. The Labute approximate surface area is 112 Å². The van der Waals surface area contributed by atoms with Crippen LogP contribution in [0.25, 0.3) is 0 Å². The Balaban J connectivity index is 2.45. The molecule has 100 valence electrons. The molecule has 1 aromatic rings. The van der Waals surface area contributed by atoms with E-state index >= 15 is 0 Å². The molecular weight excluding hydrogens is 242 g/mol. The monoisotopic (exact) mass is 259 g/mol. The van der Waals surface area contributed by atoms with E-state index in [1.165, 1.54) is 0 Å². The van der Waals surface area contributed by atoms with Gasteiger partial charge in [-0.2, -0.15) is 0 Å². The zero-order valence-corrected chi connectivity index (χ0v) is 11.1. The summed E-state index contributed by atoms with van der Waals surface area (Å²) >= 11 is 0. The van der Waals surface area contributed by atoms with Gasteiger partial charge in [0.15, 0.2) is 5.78 Å². The molecule has 0 aromatic heterocycles. The maximum absolute atomic E-state index is 11.8. The van der Waals surface area contributed by atoms with Crippen LogP contribution in [0.1, 0.15) is 26.2 Å². The number of para-hydroxylation sites is 2. The van der Waals surface area contributed by atoms with Crippen LogP contribution in [0.5, 0.6) is 5.75 Å². The quantitative estimate of drug-likeness (QED) is 0.843. The number of hydrogen-bond acceptors (Lipinski definition) is 4. The molecule has 1 aliphatic rings. The number of hydrogen-bond donors (Lipinski definition) is 1. The van der Waals surface area contributed by atoms with Crippen molar-refractivity contribution in [2.45, 2.75) is 26.2 Å². The van der Waals surface area contributed by atoms with Gasteiger partial charge in [0.1, 0.15) is 17.2 Å². The fourth-order valence-electron chi connectivity index (χ4n) is 2.15. The number of methoxy groups -OCH3 is 1. The van der Waals surface area contributed by atoms with Crippen molar-refractivity contribution in [3.05, 3.63) is 35.6 Å². The smallest absolute Gasteiger partial charge is 0.168 e. The number of rotatable bonds is 4. The van der Waals surface area contributed by atoms with E-state index in [0.29, 0.717) is 42.0 Å². The van der Waals surface area contributed by atoms with Crippen LogP contribution in [-0.4, -0.2) is 23.7 Å². The third-order valence-electron chi connectivity index (χ3n) is 3.12. The van der Waals surface area contributed by atoms with Crippen molar-refractivity contribution >= 4 is 17.2 Å². The van der Waals surface area contributed by atoms with Crippen LogP contribution in [0, 0.1) is 0 Å². The topological polar surface area (TPSA) is 58.9 Å². The second kappa shape index (κ2) is 5.69. The summed E-state index contributed by atoms with van der Waals surface area (Å²) in [5, 5.41) is 9.81. The molecule has 0 fully saturated rings. The second-order valence-electron chi connectivity index (χ2n) is 4.33. The van der Waals surface area contributed by atoms with Crippen molar-refractivity contribution in [2.75, 3.05) is 7.11 Å². The molecule has 4 heteroatoms. The molecule has 19 heavy (non-hydrogen) atoms. The van der Waals surface area contributed by atoms with Gasteiger partial charge in [0.25, 0.3) is 0 Å². The Hall–Kier alpha value is -2.10. The standard InChI is InChI=1S/C15H17NO3/c1-3-10(15-12(17)8-9-13(15)18)16-11-6-4-5-7-14(11)19-2/h4-7,17H,3,8-9H2,1-2H3. The Morgan fingerprint density at radius 2 is 2.11 bits per heavy atom. The SMILES string of the molecule is CCC(=Nc1ccccc1OC)C1=C(O)CCC1=O. The van der Waals surface area contributed by atoms with Gasteiger partial charge < -0.3 is 9.84 Å². The molecule has 0 unspecified atom stereocenters. The highest BCUT2D eigenvalue weighted by Gasteiger charge is 2.26. The van der Waals surface area contributed by atoms with Gasteiger partial charge in [0.05, 0.1) is 18.4 Å². The highest BCUT2D eigenvalue weighted by Crippen LogP contribution is 2.30. The molecule has 0 radical (unpaired) electrons. The molecule has 4 nitrogen and oxygen atoms in total. The zero-order valence-electron chi connectivity index (χ0n) is 11.1. The lowest BCUT2D eigenvalue weighted by Gasteiger charge is -2.08. The van der Waals surface area contributed by atoms with Gasteiger partial charge >= 0.3 is 0 Å². The average molecular weight is 259 g/mol. The lowest BCUT2D eigenvalue weighted by atomic mass is 10.1. The number of aliphatic hydroxyl groups is 1. The number of ether oxygens (including phenoxy) is 1. The van der Waals surface area contributed by atoms with Crippen LogP contribution in [0.2, 0.25) is 0 Å². The molecule has 0 spiro atoms. The molecule has 1 aliphatic carbocycles. The van der Waals surface area contributed by atoms with Crippen molar-refractivity contribution in [1.29, 1.82) is 0 Å². The fourth-order valence-corrected chi connectivity index (χ4v) is 2.15. The lowest BCUT2D eigenvalue weighted by molar-refractivity contribution is -0.114. The first-order valence-corrected chi connectivity index (χ1v) is 6.33. The summed E-state index contributed by atoms with van der Waals surface area (Å²) in [6.07, 6.45) is 1.37. The summed E-state index contributed by atoms with van der Waals surface area (Å²) in [5.74, 6) is 0.771. The van der Waals surface area contributed by atoms with Gasteiger partial charge in [-0.15, -0.1) is 0 Å². The van der Waals surface area contributed by atoms with Gasteiger partial charge in [-0.05, 0) is 18.6 Å². The predicted octanol–water partition coefficient (Wildman–Crippen LogP) is 3.35. The van der Waals surface area contributed by atoms with Gasteiger partial charge in [-0.1, -0.05) is 19.1 Å². The Kier molecular flexibility index (Phi) is 4.00. The van der Waals surface area contributed by atoms with Crippen LogP contribution in [0.3, 0.4) is 0 Å². The minimum Gasteiger partial charge on any atom is -0.511 e. The summed E-state index contributed by atoms with van der Waals surface area (Å²) < 4.78 is 5.24. The first-order valence-electron chi connectivity index (χ1n) is 6.33. The zero-order chi connectivity index (χ0) is 13.8. The van der Waals surface area contributed by atoms with Crippen LogP contribution in [0.15, 0.2) is 40.6 Å². The average Bonchev–Trinajstić information content (AvgIpc) is 2.76. The number of carbonyl (C=O) groups excluding carboxylic acids is 1. The number of allylic oxidation sites excluding steroid dienone is 2. The number of aliphatic imine (C=N–C) groups is 1. The molecule has 0 heterocycles. The first-order chi connectivity index (χ1) is 9.17. The molecule has 0 bridgehead atoms. The first kappa shape index (κ1) is 13.3. The molecule has 1 N–H and O–H groups in total. The number of Topliss-reactive ketones (excluding diaryl/α,β-unsaturated/α-hetero) is 1. The van der Waals surface area contributed by atoms with Crippen molar-refractivity contribution in [2.24, 2.45) is 4.99 Å². The van der Waals surface area contributed by atoms with Crippen LogP contribution < -0.4 is 4.74 Å². The maximum atomic E-state index is 11.8. The normalized spacial score (nSPS) is 16.1. The Morgan fingerprint density at radius 1 is 1.37 bits per heavy atom. The van der Waals surface area contributed by atoms with Gasteiger partial charge in [-0.25, -0.2) is 4.99 Å². The van der Waals surface area contributed by atoms with E-state index in [0.717, 1.165) is 0 Å². The van der Waals surface area contributed by atoms with E-state index in [-0.39, 0.29) is 11.5 Å². The van der Waals surface area contributed by atoms with E-state index in [4.69, 9.17) is 4.74 Å². The van der Waals surface area contributed by atoms with Crippen LogP contribution in [0.4, 0.5) is 5.69 Å². The van der Waals surface area contributed by atoms with Crippen LogP contribution in [-0.2, 0) is 4.79 Å². The Morgan fingerprint density at radius 3 is 2.68 bits per heavy atom. The molecule has 0 saturated heterocycles. The van der Waals surface area contributed by atoms with E-state index in [1.807, 2.05) is 31.2 Å². The number of ketones is 1. The number of nitrogens with zero attached hydrogens (tertiary/aromatic N) is 1. The highest BCUT2D eigenvalue weighted by molar-refractivity contribution is 6.24. The van der Waals surface area contributed by atoms with E-state index in [2.05, 4.69) is 4.99 Å². The molecule has 0 amide bonds. The summed E-state index contributed by atoms with van der Waals surface area (Å²) in [5.41, 5.74) is 1.67. The molecule has 0 atom stereocenters. The maximum Gasteiger partial charge on any atom is 0.168 e. The molecule has 0 aliphatic heterocycles. The van der Waals surface area contributed by atoms with Gasteiger partial charge in [0, 0.05) is 12.8 Å². The molecule has 1 aromatic carbocycles. The fraction of sp³-hybridized carbons (Fsp3) is 0.333. The summed E-state index contributed by atoms with van der Waals surface area (Å²) in [6.45, 7) is 1.92. The van der Waals surface area contributed by atoms with E-state index in [9.17, 15) is 9.90 Å². The minimum atomic E-state index is -0.0343. The highest BCUT2D eigenvalue weighted by atomic mass is 16.5. The number of carbonyl (C=O) groups is 1. The number of benzene rings is 1. The summed E-state index contributed by atoms with van der Waals surface area (Å²) in [4.78, 5) is 16.3. The molecule has 2 rings (SSSR count). The number of aliphatic hydroxyl groups excluding tert-OH is 1. The summed E-state index contributed by atoms with van der Waals surface area (Å²) in [7, 11) is 1.58. The Bertz CT molecular complexity index is 558. The molecule has 0 saturated carbocycles. The largest absolute Gasteiger partial charge is 0.511 e. The molecular formula is C15H17NO3. The van der Waals surface area contributed by atoms with Crippen molar-refractivity contribution in [3.63, 3.8) is 0 Å². The van der Waals surface area contributed by atoms with Crippen molar-refractivity contribution in [1.82, 2.24) is 0 Å². The third kappa shape index (κ3) is 2.67. The van der Waals surface area contributed by atoms with Crippen molar-refractivity contribution < 1.29 is 14.6 Å².